The second-order valence-corrected chi connectivity index (χ2v) is 5.93. The summed E-state index contributed by atoms with van der Waals surface area (Å²) in [5, 5.41) is 2.47. The normalized spacial score (nSPS) is 11.0. The zero-order valence-corrected chi connectivity index (χ0v) is 16.5. The number of anilines is 1. The molecule has 0 aliphatic carbocycles. The molecule has 6 nitrogen and oxygen atoms in total. The van der Waals surface area contributed by atoms with Gasteiger partial charge >= 0.3 is 6.18 Å². The van der Waals surface area contributed by atoms with Gasteiger partial charge in [-0.3, -0.25) is 4.79 Å². The summed E-state index contributed by atoms with van der Waals surface area (Å²) in [6.07, 6.45) is -3.91. The predicted molar refractivity (Wildman–Crippen MR) is 101 cm³/mol. The first-order chi connectivity index (χ1) is 13.7. The van der Waals surface area contributed by atoms with Crippen LogP contribution in [-0.4, -0.2) is 33.8 Å². The fraction of sp³-hybridized carbons (Fsp3) is 0.350. The Kier molecular flexibility index (Phi) is 7.19. The summed E-state index contributed by atoms with van der Waals surface area (Å²) >= 11 is 0. The second kappa shape index (κ2) is 9.40. The van der Waals surface area contributed by atoms with Crippen LogP contribution in [-0.2, 0) is 6.18 Å². The van der Waals surface area contributed by atoms with Crippen LogP contribution in [0, 0.1) is 0 Å². The average molecular weight is 413 g/mol. The molecule has 29 heavy (non-hydrogen) atoms. The Bertz CT molecular complexity index is 843. The molecule has 0 aliphatic heterocycles. The molecule has 0 radical (unpaired) electrons. The van der Waals surface area contributed by atoms with Crippen molar-refractivity contribution in [2.45, 2.75) is 19.5 Å². The molecule has 0 aliphatic rings. The molecule has 0 saturated heterocycles. The molecule has 1 N–H and O–H groups in total. The third-order valence-electron chi connectivity index (χ3n) is 3.94. The lowest BCUT2D eigenvalue weighted by molar-refractivity contribution is -0.137. The second-order valence-electron chi connectivity index (χ2n) is 5.93. The fourth-order valence-electron chi connectivity index (χ4n) is 2.55. The molecule has 0 saturated carbocycles. The van der Waals surface area contributed by atoms with Crippen LogP contribution >= 0.6 is 0 Å². The molecule has 9 heteroatoms. The average Bonchev–Trinajstić information content (AvgIpc) is 2.70. The molecule has 0 atom stereocenters. The van der Waals surface area contributed by atoms with Gasteiger partial charge in [-0.2, -0.15) is 13.2 Å². The largest absolute Gasteiger partial charge is 0.493 e. The smallest absolute Gasteiger partial charge is 0.416 e. The topological polar surface area (TPSA) is 66.0 Å². The van der Waals surface area contributed by atoms with Crippen molar-refractivity contribution in [3.05, 3.63) is 41.5 Å². The van der Waals surface area contributed by atoms with E-state index in [4.69, 9.17) is 18.9 Å². The van der Waals surface area contributed by atoms with Gasteiger partial charge in [0, 0.05) is 5.56 Å². The van der Waals surface area contributed by atoms with Crippen molar-refractivity contribution in [2.75, 3.05) is 33.3 Å². The van der Waals surface area contributed by atoms with E-state index in [-0.39, 0.29) is 34.2 Å². The van der Waals surface area contributed by atoms with Gasteiger partial charge in [-0.05, 0) is 36.8 Å². The highest BCUT2D eigenvalue weighted by Crippen LogP contribution is 2.39. The van der Waals surface area contributed by atoms with E-state index in [0.717, 1.165) is 12.1 Å². The van der Waals surface area contributed by atoms with Crippen molar-refractivity contribution < 1.29 is 36.9 Å². The van der Waals surface area contributed by atoms with E-state index in [0.29, 0.717) is 13.0 Å². The number of nitrogens with one attached hydrogen (secondary N) is 1. The van der Waals surface area contributed by atoms with Crippen molar-refractivity contribution in [1.82, 2.24) is 0 Å². The quantitative estimate of drug-likeness (QED) is 0.675. The molecule has 1 amide bonds. The molecule has 158 valence electrons. The van der Waals surface area contributed by atoms with E-state index < -0.39 is 17.6 Å². The number of hydrogen-bond donors (Lipinski definition) is 1. The van der Waals surface area contributed by atoms with Crippen molar-refractivity contribution in [2.24, 2.45) is 0 Å². The molecule has 0 bridgehead atoms. The van der Waals surface area contributed by atoms with Gasteiger partial charge in [0.15, 0.2) is 11.5 Å². The summed E-state index contributed by atoms with van der Waals surface area (Å²) < 4.78 is 60.3. The first kappa shape index (κ1) is 22.2. The first-order valence-electron chi connectivity index (χ1n) is 8.70. The standard InChI is InChI=1S/C20H22F3NO5/c1-5-8-29-15-7-6-13(20(21,22)23)11-14(15)24-19(25)12-9-16(26-2)18(28-4)17(10-12)27-3/h6-7,9-11H,5,8H2,1-4H3,(H,24,25). The number of halogens is 3. The number of methoxy groups -OCH3 is 3. The molecule has 0 fully saturated rings. The highest BCUT2D eigenvalue weighted by Gasteiger charge is 2.31. The lowest BCUT2D eigenvalue weighted by Gasteiger charge is -2.16. The molecular formula is C20H22F3NO5. The molecule has 0 aromatic heterocycles. The highest BCUT2D eigenvalue weighted by atomic mass is 19.4. The summed E-state index contributed by atoms with van der Waals surface area (Å²) in [6, 6.07) is 5.72. The van der Waals surface area contributed by atoms with E-state index >= 15 is 0 Å². The Morgan fingerprint density at radius 2 is 1.59 bits per heavy atom. The van der Waals surface area contributed by atoms with Gasteiger partial charge in [0.2, 0.25) is 5.75 Å². The number of ether oxygens (including phenoxy) is 4. The summed E-state index contributed by atoms with van der Waals surface area (Å²) in [6.45, 7) is 2.15. The van der Waals surface area contributed by atoms with E-state index in [1.165, 1.54) is 39.5 Å². The number of carbonyl (C=O) groups excluding carboxylic acids is 1. The third kappa shape index (κ3) is 5.24. The molecule has 2 aromatic carbocycles. The van der Waals surface area contributed by atoms with Crippen LogP contribution in [0.25, 0.3) is 0 Å². The van der Waals surface area contributed by atoms with Gasteiger partial charge < -0.3 is 24.3 Å². The maximum Gasteiger partial charge on any atom is 0.416 e. The van der Waals surface area contributed by atoms with E-state index in [9.17, 15) is 18.0 Å². The molecule has 0 spiro atoms. The Morgan fingerprint density at radius 1 is 0.966 bits per heavy atom. The fourth-order valence-corrected chi connectivity index (χ4v) is 2.55. The van der Waals surface area contributed by atoms with Crippen LogP contribution in [0.4, 0.5) is 18.9 Å². The van der Waals surface area contributed by atoms with Gasteiger partial charge in [0.05, 0.1) is 39.2 Å². The zero-order chi connectivity index (χ0) is 21.6. The van der Waals surface area contributed by atoms with E-state index in [1.54, 1.807) is 0 Å². The lowest BCUT2D eigenvalue weighted by Crippen LogP contribution is -2.15. The zero-order valence-electron chi connectivity index (χ0n) is 16.5. The van der Waals surface area contributed by atoms with Crippen molar-refractivity contribution in [1.29, 1.82) is 0 Å². The van der Waals surface area contributed by atoms with Crippen molar-refractivity contribution >= 4 is 11.6 Å². The number of benzene rings is 2. The van der Waals surface area contributed by atoms with E-state index in [2.05, 4.69) is 5.32 Å². The Morgan fingerprint density at radius 3 is 2.07 bits per heavy atom. The van der Waals surface area contributed by atoms with Gasteiger partial charge in [-0.1, -0.05) is 6.92 Å². The molecule has 0 unspecified atom stereocenters. The monoisotopic (exact) mass is 413 g/mol. The minimum atomic E-state index is -4.56. The van der Waals surface area contributed by atoms with Crippen molar-refractivity contribution in [3.63, 3.8) is 0 Å². The summed E-state index contributed by atoms with van der Waals surface area (Å²) in [5.74, 6) is 0.246. The van der Waals surface area contributed by atoms with Crippen LogP contribution in [0.1, 0.15) is 29.3 Å². The summed E-state index contributed by atoms with van der Waals surface area (Å²) in [7, 11) is 4.20. The number of carbonyl (C=O) groups is 1. The summed E-state index contributed by atoms with van der Waals surface area (Å²) in [5.41, 5.74) is -0.882. The van der Waals surface area contributed by atoms with Crippen molar-refractivity contribution in [3.8, 4) is 23.0 Å². The number of hydrogen-bond acceptors (Lipinski definition) is 5. The summed E-state index contributed by atoms with van der Waals surface area (Å²) in [4.78, 5) is 12.7. The van der Waals surface area contributed by atoms with Gasteiger partial charge in [0.25, 0.3) is 5.91 Å². The number of rotatable bonds is 8. The molecular weight excluding hydrogens is 391 g/mol. The number of amides is 1. The molecule has 2 rings (SSSR count). The van der Waals surface area contributed by atoms with Crippen LogP contribution in [0.3, 0.4) is 0 Å². The Hall–Kier alpha value is -3.10. The lowest BCUT2D eigenvalue weighted by atomic mass is 10.1. The first-order valence-corrected chi connectivity index (χ1v) is 8.70. The SMILES string of the molecule is CCCOc1ccc(C(F)(F)F)cc1NC(=O)c1cc(OC)c(OC)c(OC)c1. The minimum Gasteiger partial charge on any atom is -0.493 e. The molecule has 0 heterocycles. The minimum absolute atomic E-state index is 0.0907. The maximum atomic E-state index is 13.1. The van der Waals surface area contributed by atoms with Gasteiger partial charge in [0.1, 0.15) is 5.75 Å². The molecule has 2 aromatic rings. The van der Waals surface area contributed by atoms with E-state index in [1.807, 2.05) is 6.92 Å². The van der Waals surface area contributed by atoms with Gasteiger partial charge in [-0.15, -0.1) is 0 Å². The van der Waals surface area contributed by atoms with Crippen LogP contribution in [0.2, 0.25) is 0 Å². The van der Waals surface area contributed by atoms with Crippen LogP contribution in [0.15, 0.2) is 30.3 Å². The van der Waals surface area contributed by atoms with Gasteiger partial charge in [-0.25, -0.2) is 0 Å². The Labute approximate surface area is 166 Å². The maximum absolute atomic E-state index is 13.1. The number of alkyl halides is 3. The Balaban J connectivity index is 2.43. The third-order valence-corrected chi connectivity index (χ3v) is 3.94. The predicted octanol–water partition coefficient (Wildman–Crippen LogP) is 4.77. The van der Waals surface area contributed by atoms with Crippen LogP contribution in [0.5, 0.6) is 23.0 Å². The highest BCUT2D eigenvalue weighted by molar-refractivity contribution is 6.05. The van der Waals surface area contributed by atoms with Crippen LogP contribution < -0.4 is 24.3 Å².